The largest absolute Gasteiger partial charge is 0.377 e. The van der Waals surface area contributed by atoms with Gasteiger partial charge in [-0.25, -0.2) is 4.98 Å². The molecule has 1 unspecified atom stereocenters. The van der Waals surface area contributed by atoms with Crippen molar-refractivity contribution in [3.63, 3.8) is 0 Å². The van der Waals surface area contributed by atoms with E-state index in [1.54, 1.807) is 24.4 Å². The van der Waals surface area contributed by atoms with E-state index < -0.39 is 0 Å². The van der Waals surface area contributed by atoms with Crippen molar-refractivity contribution in [2.45, 2.75) is 19.9 Å². The molecule has 1 amide bonds. The molecule has 0 saturated heterocycles. The number of aromatic nitrogens is 1. The summed E-state index contributed by atoms with van der Waals surface area (Å²) in [7, 11) is 0. The van der Waals surface area contributed by atoms with Crippen LogP contribution in [0.1, 0.15) is 34.6 Å². The van der Waals surface area contributed by atoms with Crippen LogP contribution in [0.25, 0.3) is 0 Å². The summed E-state index contributed by atoms with van der Waals surface area (Å²) in [5, 5.41) is 6.80. The highest BCUT2D eigenvalue weighted by atomic mass is 35.5. The topological polar surface area (TPSA) is 54.0 Å². The number of anilines is 2. The van der Waals surface area contributed by atoms with Crippen LogP contribution in [0.15, 0.2) is 66.9 Å². The average molecular weight is 366 g/mol. The molecule has 0 aliphatic rings. The molecule has 26 heavy (non-hydrogen) atoms. The lowest BCUT2D eigenvalue weighted by molar-refractivity contribution is 0.102. The Labute approximate surface area is 158 Å². The van der Waals surface area contributed by atoms with E-state index in [-0.39, 0.29) is 11.9 Å². The normalized spacial score (nSPS) is 11.7. The minimum absolute atomic E-state index is 0.145. The number of amides is 1. The monoisotopic (exact) mass is 365 g/mol. The van der Waals surface area contributed by atoms with E-state index in [4.69, 9.17) is 11.6 Å². The quantitative estimate of drug-likeness (QED) is 0.630. The summed E-state index contributed by atoms with van der Waals surface area (Å²) < 4.78 is 0. The van der Waals surface area contributed by atoms with Gasteiger partial charge in [0.25, 0.3) is 5.91 Å². The fourth-order valence-corrected chi connectivity index (χ4v) is 2.78. The van der Waals surface area contributed by atoms with Crippen molar-refractivity contribution >= 4 is 28.9 Å². The van der Waals surface area contributed by atoms with Gasteiger partial charge in [0.15, 0.2) is 0 Å². The maximum Gasteiger partial charge on any atom is 0.274 e. The van der Waals surface area contributed by atoms with Crippen molar-refractivity contribution in [3.8, 4) is 0 Å². The summed E-state index contributed by atoms with van der Waals surface area (Å²) >= 11 is 5.99. The Balaban J connectivity index is 1.67. The second-order valence-electron chi connectivity index (χ2n) is 6.12. The Morgan fingerprint density at radius 2 is 1.85 bits per heavy atom. The van der Waals surface area contributed by atoms with Gasteiger partial charge in [0.1, 0.15) is 5.69 Å². The summed E-state index contributed by atoms with van der Waals surface area (Å²) in [6, 6.07) is 19.2. The van der Waals surface area contributed by atoms with Gasteiger partial charge in [-0.1, -0.05) is 48.0 Å². The third kappa shape index (κ3) is 4.41. The zero-order valence-corrected chi connectivity index (χ0v) is 15.4. The van der Waals surface area contributed by atoms with Crippen LogP contribution in [0.4, 0.5) is 11.4 Å². The molecule has 0 spiro atoms. The molecule has 0 aliphatic carbocycles. The predicted octanol–water partition coefficient (Wildman–Crippen LogP) is 5.47. The number of carbonyl (C=O) groups excluding carboxylic acids is 1. The highest BCUT2D eigenvalue weighted by Gasteiger charge is 2.11. The summed E-state index contributed by atoms with van der Waals surface area (Å²) in [6.07, 6.45) is 1.67. The molecule has 0 saturated carbocycles. The molecule has 0 radical (unpaired) electrons. The Kier molecular flexibility index (Phi) is 5.54. The third-order valence-corrected chi connectivity index (χ3v) is 4.36. The molecule has 3 rings (SSSR count). The van der Waals surface area contributed by atoms with Gasteiger partial charge in [-0.3, -0.25) is 4.79 Å². The number of aryl methyl sites for hydroxylation is 1. The third-order valence-electron chi connectivity index (χ3n) is 4.13. The SMILES string of the molecule is Cc1ccc(Cl)cc1NC(=O)c1ccc(NC(C)c2ccccc2)cn1. The molecule has 1 aromatic heterocycles. The molecule has 4 nitrogen and oxygen atoms in total. The van der Waals surface area contributed by atoms with Gasteiger partial charge in [-0.05, 0) is 49.2 Å². The number of hydrogen-bond acceptors (Lipinski definition) is 3. The van der Waals surface area contributed by atoms with E-state index in [0.29, 0.717) is 16.4 Å². The molecule has 1 heterocycles. The number of nitrogens with zero attached hydrogens (tertiary/aromatic N) is 1. The lowest BCUT2D eigenvalue weighted by atomic mass is 10.1. The molecule has 1 atom stereocenters. The maximum absolute atomic E-state index is 12.4. The van der Waals surface area contributed by atoms with E-state index in [1.165, 1.54) is 5.56 Å². The van der Waals surface area contributed by atoms with Crippen LogP contribution in [0.3, 0.4) is 0 Å². The van der Waals surface area contributed by atoms with Crippen LogP contribution < -0.4 is 10.6 Å². The highest BCUT2D eigenvalue weighted by molar-refractivity contribution is 6.31. The van der Waals surface area contributed by atoms with Crippen LogP contribution in [0, 0.1) is 6.92 Å². The number of halogens is 1. The molecule has 132 valence electrons. The first-order chi connectivity index (χ1) is 12.5. The van der Waals surface area contributed by atoms with Gasteiger partial charge < -0.3 is 10.6 Å². The Morgan fingerprint density at radius 3 is 2.54 bits per heavy atom. The van der Waals surface area contributed by atoms with Crippen LogP contribution in [-0.2, 0) is 0 Å². The smallest absolute Gasteiger partial charge is 0.274 e. The van der Waals surface area contributed by atoms with Gasteiger partial charge in [-0.2, -0.15) is 0 Å². The zero-order valence-electron chi connectivity index (χ0n) is 14.7. The van der Waals surface area contributed by atoms with Gasteiger partial charge in [0, 0.05) is 16.8 Å². The lowest BCUT2D eigenvalue weighted by Crippen LogP contribution is -2.15. The molecular weight excluding hydrogens is 346 g/mol. The van der Waals surface area contributed by atoms with E-state index in [9.17, 15) is 4.79 Å². The van der Waals surface area contributed by atoms with E-state index in [0.717, 1.165) is 11.3 Å². The van der Waals surface area contributed by atoms with Crippen molar-refractivity contribution in [3.05, 3.63) is 88.7 Å². The minimum atomic E-state index is -0.266. The summed E-state index contributed by atoms with van der Waals surface area (Å²) in [5.41, 5.74) is 4.02. The maximum atomic E-state index is 12.4. The van der Waals surface area contributed by atoms with Crippen LogP contribution in [0.2, 0.25) is 5.02 Å². The van der Waals surface area contributed by atoms with Crippen LogP contribution >= 0.6 is 11.6 Å². The first-order valence-electron chi connectivity index (χ1n) is 8.38. The Morgan fingerprint density at radius 1 is 1.08 bits per heavy atom. The van der Waals surface area contributed by atoms with Crippen molar-refractivity contribution in [1.82, 2.24) is 4.98 Å². The number of benzene rings is 2. The Bertz CT molecular complexity index is 895. The Hall–Kier alpha value is -2.85. The fraction of sp³-hybridized carbons (Fsp3) is 0.143. The predicted molar refractivity (Wildman–Crippen MR) is 107 cm³/mol. The first-order valence-corrected chi connectivity index (χ1v) is 8.76. The van der Waals surface area contributed by atoms with Gasteiger partial charge in [-0.15, -0.1) is 0 Å². The fourth-order valence-electron chi connectivity index (χ4n) is 2.60. The number of rotatable bonds is 5. The highest BCUT2D eigenvalue weighted by Crippen LogP contribution is 2.21. The van der Waals surface area contributed by atoms with E-state index >= 15 is 0 Å². The van der Waals surface area contributed by atoms with E-state index in [1.807, 2.05) is 37.3 Å². The molecule has 3 aromatic rings. The number of carbonyl (C=O) groups is 1. The van der Waals surface area contributed by atoms with Gasteiger partial charge in [0.05, 0.1) is 11.9 Å². The second kappa shape index (κ2) is 8.02. The molecule has 0 fully saturated rings. The zero-order chi connectivity index (χ0) is 18.5. The standard InChI is InChI=1S/C21H20ClN3O/c1-14-8-9-17(22)12-20(14)25-21(26)19-11-10-18(13-23-19)24-15(2)16-6-4-3-5-7-16/h3-13,15,24H,1-2H3,(H,25,26). The number of pyridine rings is 1. The molecule has 0 aliphatic heterocycles. The molecule has 5 heteroatoms. The summed E-state index contributed by atoms with van der Waals surface area (Å²) in [6.45, 7) is 4.00. The second-order valence-corrected chi connectivity index (χ2v) is 6.56. The average Bonchev–Trinajstić information content (AvgIpc) is 2.66. The summed E-state index contributed by atoms with van der Waals surface area (Å²) in [4.78, 5) is 16.7. The number of hydrogen-bond donors (Lipinski definition) is 2. The molecule has 2 aromatic carbocycles. The van der Waals surface area contributed by atoms with Crippen molar-refractivity contribution in [2.24, 2.45) is 0 Å². The molecular formula is C21H20ClN3O. The first kappa shape index (κ1) is 18.0. The van der Waals surface area contributed by atoms with Crippen molar-refractivity contribution in [1.29, 1.82) is 0 Å². The van der Waals surface area contributed by atoms with Crippen molar-refractivity contribution < 1.29 is 4.79 Å². The van der Waals surface area contributed by atoms with Gasteiger partial charge in [0.2, 0.25) is 0 Å². The van der Waals surface area contributed by atoms with Crippen LogP contribution in [0.5, 0.6) is 0 Å². The molecule has 0 bridgehead atoms. The van der Waals surface area contributed by atoms with Gasteiger partial charge >= 0.3 is 0 Å². The lowest BCUT2D eigenvalue weighted by Gasteiger charge is -2.15. The number of nitrogens with one attached hydrogen (secondary N) is 2. The van der Waals surface area contributed by atoms with E-state index in [2.05, 4.69) is 34.7 Å². The van der Waals surface area contributed by atoms with Crippen LogP contribution in [-0.4, -0.2) is 10.9 Å². The molecule has 2 N–H and O–H groups in total. The minimum Gasteiger partial charge on any atom is -0.377 e. The summed E-state index contributed by atoms with van der Waals surface area (Å²) in [5.74, 6) is -0.266. The van der Waals surface area contributed by atoms with Crippen molar-refractivity contribution in [2.75, 3.05) is 10.6 Å².